The maximum absolute atomic E-state index is 12.1. The molecular weight excluding hydrogens is 320 g/mol. The van der Waals surface area contributed by atoms with E-state index in [4.69, 9.17) is 0 Å². The van der Waals surface area contributed by atoms with Crippen molar-refractivity contribution in [3.63, 3.8) is 0 Å². The minimum absolute atomic E-state index is 0.157. The number of benzene rings is 1. The Morgan fingerprint density at radius 1 is 1.28 bits per heavy atom. The zero-order valence-electron chi connectivity index (χ0n) is 14.1. The number of nitrogens with one attached hydrogen (secondary N) is 2. The van der Waals surface area contributed by atoms with E-state index < -0.39 is 0 Å². The fourth-order valence-electron chi connectivity index (χ4n) is 2.38. The molecule has 0 saturated carbocycles. The first-order chi connectivity index (χ1) is 12.2. The number of rotatable bonds is 6. The molecule has 1 atom stereocenters. The molecule has 0 aliphatic carbocycles. The predicted octanol–water partition coefficient (Wildman–Crippen LogP) is 2.15. The second-order valence-corrected chi connectivity index (χ2v) is 5.62. The van der Waals surface area contributed by atoms with Gasteiger partial charge >= 0.3 is 6.03 Å². The van der Waals surface area contributed by atoms with Crippen LogP contribution in [0.2, 0.25) is 0 Å². The summed E-state index contributed by atoms with van der Waals surface area (Å²) in [4.78, 5) is 16.0. The number of hydrogen-bond acceptors (Lipinski definition) is 5. The van der Waals surface area contributed by atoms with Crippen LogP contribution in [0.5, 0.6) is 0 Å². The predicted molar refractivity (Wildman–Crippen MR) is 92.2 cm³/mol. The van der Waals surface area contributed by atoms with Crippen LogP contribution in [-0.4, -0.2) is 35.8 Å². The third kappa shape index (κ3) is 4.19. The number of urea groups is 1. The topological polar surface area (TPSA) is 103 Å². The maximum Gasteiger partial charge on any atom is 0.320 e. The van der Waals surface area contributed by atoms with Gasteiger partial charge in [-0.3, -0.25) is 10.00 Å². The van der Waals surface area contributed by atoms with Gasteiger partial charge in [0.1, 0.15) is 12.7 Å². The SMILES string of the molecule is CCCn1cc(NC(=O)N[C@H](C)c2ccc(-n3cncn3)cc2)nn1. The van der Waals surface area contributed by atoms with Crippen molar-refractivity contribution < 1.29 is 4.79 Å². The number of aromatic nitrogens is 6. The largest absolute Gasteiger partial charge is 0.331 e. The first-order valence-corrected chi connectivity index (χ1v) is 8.08. The quantitative estimate of drug-likeness (QED) is 0.716. The summed E-state index contributed by atoms with van der Waals surface area (Å²) in [6.07, 6.45) is 5.78. The van der Waals surface area contributed by atoms with Gasteiger partial charge in [-0.15, -0.1) is 5.10 Å². The summed E-state index contributed by atoms with van der Waals surface area (Å²) in [5, 5.41) is 17.5. The van der Waals surface area contributed by atoms with Crippen molar-refractivity contribution in [2.45, 2.75) is 32.9 Å². The highest BCUT2D eigenvalue weighted by Gasteiger charge is 2.11. The van der Waals surface area contributed by atoms with Crippen LogP contribution in [0, 0.1) is 0 Å². The molecule has 0 radical (unpaired) electrons. The van der Waals surface area contributed by atoms with Gasteiger partial charge in [-0.05, 0) is 31.0 Å². The number of amides is 2. The van der Waals surface area contributed by atoms with Crippen LogP contribution in [0.4, 0.5) is 10.6 Å². The van der Waals surface area contributed by atoms with Gasteiger partial charge in [0.2, 0.25) is 0 Å². The van der Waals surface area contributed by atoms with E-state index in [0.29, 0.717) is 5.82 Å². The van der Waals surface area contributed by atoms with Crippen LogP contribution in [0.25, 0.3) is 5.69 Å². The van der Waals surface area contributed by atoms with Crippen molar-refractivity contribution in [3.8, 4) is 5.69 Å². The molecule has 9 heteroatoms. The molecule has 0 aliphatic rings. The Kier molecular flexibility index (Phi) is 5.03. The summed E-state index contributed by atoms with van der Waals surface area (Å²) in [7, 11) is 0. The third-order valence-corrected chi connectivity index (χ3v) is 3.66. The number of hydrogen-bond donors (Lipinski definition) is 2. The molecule has 0 fully saturated rings. The van der Waals surface area contributed by atoms with Gasteiger partial charge in [-0.25, -0.2) is 14.5 Å². The molecule has 2 N–H and O–H groups in total. The molecule has 3 aromatic rings. The van der Waals surface area contributed by atoms with Crippen LogP contribution in [0.15, 0.2) is 43.1 Å². The van der Waals surface area contributed by atoms with Crippen molar-refractivity contribution in [1.29, 1.82) is 0 Å². The van der Waals surface area contributed by atoms with E-state index in [2.05, 4.69) is 38.0 Å². The Hall–Kier alpha value is -3.23. The molecule has 2 amide bonds. The lowest BCUT2D eigenvalue weighted by molar-refractivity contribution is 0.249. The monoisotopic (exact) mass is 340 g/mol. The zero-order chi connectivity index (χ0) is 17.6. The van der Waals surface area contributed by atoms with Crippen molar-refractivity contribution in [1.82, 2.24) is 35.1 Å². The van der Waals surface area contributed by atoms with Gasteiger partial charge in [0, 0.05) is 6.54 Å². The van der Waals surface area contributed by atoms with Crippen LogP contribution < -0.4 is 10.6 Å². The lowest BCUT2D eigenvalue weighted by atomic mass is 10.1. The normalized spacial score (nSPS) is 11.9. The fourth-order valence-corrected chi connectivity index (χ4v) is 2.38. The summed E-state index contributed by atoms with van der Waals surface area (Å²) < 4.78 is 3.37. The van der Waals surface area contributed by atoms with Crippen LogP contribution in [0.3, 0.4) is 0 Å². The molecule has 130 valence electrons. The summed E-state index contributed by atoms with van der Waals surface area (Å²) in [5.41, 5.74) is 1.89. The highest BCUT2D eigenvalue weighted by atomic mass is 16.2. The number of nitrogens with zero attached hydrogens (tertiary/aromatic N) is 6. The Balaban J connectivity index is 1.57. The number of aryl methyl sites for hydroxylation is 1. The average Bonchev–Trinajstić information content (AvgIpc) is 3.27. The van der Waals surface area contributed by atoms with Crippen LogP contribution >= 0.6 is 0 Å². The van der Waals surface area contributed by atoms with Crippen molar-refractivity contribution >= 4 is 11.8 Å². The Bertz CT molecular complexity index is 809. The van der Waals surface area contributed by atoms with E-state index in [1.54, 1.807) is 21.9 Å². The first-order valence-electron chi connectivity index (χ1n) is 8.08. The summed E-state index contributed by atoms with van der Waals surface area (Å²) in [6.45, 7) is 4.74. The molecule has 0 bridgehead atoms. The molecule has 25 heavy (non-hydrogen) atoms. The van der Waals surface area contributed by atoms with Crippen LogP contribution in [0.1, 0.15) is 31.9 Å². The molecule has 0 spiro atoms. The van der Waals surface area contributed by atoms with E-state index in [0.717, 1.165) is 24.2 Å². The Morgan fingerprint density at radius 2 is 2.08 bits per heavy atom. The van der Waals surface area contributed by atoms with Gasteiger partial charge < -0.3 is 5.32 Å². The van der Waals surface area contributed by atoms with Gasteiger partial charge in [0.15, 0.2) is 5.82 Å². The average molecular weight is 340 g/mol. The molecule has 0 aliphatic heterocycles. The van der Waals surface area contributed by atoms with E-state index >= 15 is 0 Å². The Labute approximate surface area is 145 Å². The molecular formula is C16H20N8O. The number of carbonyl (C=O) groups is 1. The second-order valence-electron chi connectivity index (χ2n) is 5.62. The molecule has 0 unspecified atom stereocenters. The highest BCUT2D eigenvalue weighted by Crippen LogP contribution is 2.15. The smallest absolute Gasteiger partial charge is 0.320 e. The van der Waals surface area contributed by atoms with E-state index in [1.165, 1.54) is 6.33 Å². The standard InChI is InChI=1S/C16H20N8O/c1-3-8-23-9-15(21-22-23)20-16(25)19-12(2)13-4-6-14(7-5-13)24-11-17-10-18-24/h4-7,9-12H,3,8H2,1-2H3,(H2,19,20,25)/t12-/m1/s1. The Morgan fingerprint density at radius 3 is 2.76 bits per heavy atom. The van der Waals surface area contributed by atoms with E-state index in [-0.39, 0.29) is 12.1 Å². The first kappa shape index (κ1) is 16.6. The van der Waals surface area contributed by atoms with Gasteiger partial charge in [0.05, 0.1) is 17.9 Å². The molecule has 0 saturated heterocycles. The number of anilines is 1. The lowest BCUT2D eigenvalue weighted by Gasteiger charge is -2.14. The highest BCUT2D eigenvalue weighted by molar-refractivity contribution is 5.88. The molecule has 1 aromatic carbocycles. The zero-order valence-corrected chi connectivity index (χ0v) is 14.1. The summed E-state index contributed by atoms with van der Waals surface area (Å²) >= 11 is 0. The lowest BCUT2D eigenvalue weighted by Crippen LogP contribution is -2.31. The molecule has 9 nitrogen and oxygen atoms in total. The van der Waals surface area contributed by atoms with Gasteiger partial charge in [0.25, 0.3) is 0 Å². The van der Waals surface area contributed by atoms with Gasteiger partial charge in [-0.2, -0.15) is 5.10 Å². The van der Waals surface area contributed by atoms with Crippen molar-refractivity contribution in [2.75, 3.05) is 5.32 Å². The minimum Gasteiger partial charge on any atom is -0.331 e. The minimum atomic E-state index is -0.323. The molecule has 3 rings (SSSR count). The third-order valence-electron chi connectivity index (χ3n) is 3.66. The van der Waals surface area contributed by atoms with Crippen molar-refractivity contribution in [2.24, 2.45) is 0 Å². The molecule has 2 aromatic heterocycles. The second kappa shape index (κ2) is 7.56. The maximum atomic E-state index is 12.1. The summed E-state index contributed by atoms with van der Waals surface area (Å²) in [6, 6.07) is 7.26. The van der Waals surface area contributed by atoms with Crippen molar-refractivity contribution in [3.05, 3.63) is 48.7 Å². The molecule has 2 heterocycles. The number of carbonyl (C=O) groups excluding carboxylic acids is 1. The fraction of sp³-hybridized carbons (Fsp3) is 0.312. The summed E-state index contributed by atoms with van der Waals surface area (Å²) in [5.74, 6) is 0.430. The van der Waals surface area contributed by atoms with E-state index in [1.807, 2.05) is 31.2 Å². The van der Waals surface area contributed by atoms with E-state index in [9.17, 15) is 4.79 Å². The van der Waals surface area contributed by atoms with Gasteiger partial charge in [-0.1, -0.05) is 24.3 Å². The van der Waals surface area contributed by atoms with Crippen LogP contribution in [-0.2, 0) is 6.54 Å².